The van der Waals surface area contributed by atoms with E-state index in [1.165, 1.54) is 0 Å². The van der Waals surface area contributed by atoms with E-state index in [-0.39, 0.29) is 0 Å². The third-order valence-corrected chi connectivity index (χ3v) is 2.09. The van der Waals surface area contributed by atoms with Crippen LogP contribution in [0.3, 0.4) is 0 Å². The van der Waals surface area contributed by atoms with Crippen LogP contribution in [0.5, 0.6) is 0 Å². The van der Waals surface area contributed by atoms with Crippen molar-refractivity contribution in [1.82, 2.24) is 15.2 Å². The second-order valence-electron chi connectivity index (χ2n) is 3.19. The van der Waals surface area contributed by atoms with Crippen molar-refractivity contribution in [2.75, 3.05) is 24.3 Å². The van der Waals surface area contributed by atoms with Crippen molar-refractivity contribution >= 4 is 17.8 Å². The second kappa shape index (κ2) is 3.64. The standard InChI is InChI=1S/C9H13N5O/c1-6-4-5-7(15-6)14(3)9-11-8(10-2)12-13-9/h4-5H,1-3H3,(H2,10,11,12,13). The zero-order valence-corrected chi connectivity index (χ0v) is 8.90. The van der Waals surface area contributed by atoms with Gasteiger partial charge in [-0.3, -0.25) is 9.88 Å². The lowest BCUT2D eigenvalue weighted by Gasteiger charge is -2.10. The first kappa shape index (κ1) is 9.57. The SMILES string of the molecule is CNc1nnc(N(C)c2ccc(C)o2)[nH]1. The molecule has 0 fully saturated rings. The van der Waals surface area contributed by atoms with Gasteiger partial charge in [-0.05, 0) is 13.0 Å². The molecule has 0 saturated heterocycles. The maximum Gasteiger partial charge on any atom is 0.232 e. The number of furan rings is 1. The van der Waals surface area contributed by atoms with Crippen LogP contribution in [0.2, 0.25) is 0 Å². The van der Waals surface area contributed by atoms with Gasteiger partial charge in [-0.2, -0.15) is 0 Å². The lowest BCUT2D eigenvalue weighted by Crippen LogP contribution is -2.10. The highest BCUT2D eigenvalue weighted by molar-refractivity contribution is 5.50. The summed E-state index contributed by atoms with van der Waals surface area (Å²) in [5.41, 5.74) is 0. The van der Waals surface area contributed by atoms with E-state index in [1.807, 2.05) is 26.1 Å². The van der Waals surface area contributed by atoms with Crippen LogP contribution in [0, 0.1) is 6.92 Å². The number of H-pyrrole nitrogens is 1. The topological polar surface area (TPSA) is 70.0 Å². The molecule has 2 aromatic heterocycles. The Labute approximate surface area is 87.3 Å². The summed E-state index contributed by atoms with van der Waals surface area (Å²) in [4.78, 5) is 4.80. The van der Waals surface area contributed by atoms with Crippen LogP contribution < -0.4 is 10.2 Å². The van der Waals surface area contributed by atoms with E-state index < -0.39 is 0 Å². The predicted octanol–water partition coefficient (Wildman–Crippen LogP) is 1.52. The lowest BCUT2D eigenvalue weighted by atomic mass is 10.5. The number of nitrogens with one attached hydrogen (secondary N) is 2. The monoisotopic (exact) mass is 207 g/mol. The Hall–Kier alpha value is -1.98. The predicted molar refractivity (Wildman–Crippen MR) is 57.4 cm³/mol. The molecule has 2 N–H and O–H groups in total. The number of hydrogen-bond donors (Lipinski definition) is 2. The molecule has 0 spiro atoms. The molecule has 0 aliphatic rings. The van der Waals surface area contributed by atoms with Gasteiger partial charge in [0, 0.05) is 20.2 Å². The molecule has 0 bridgehead atoms. The Morgan fingerprint density at radius 3 is 2.73 bits per heavy atom. The van der Waals surface area contributed by atoms with Crippen LogP contribution >= 0.6 is 0 Å². The number of rotatable bonds is 3. The van der Waals surface area contributed by atoms with E-state index in [4.69, 9.17) is 4.42 Å². The van der Waals surface area contributed by atoms with E-state index in [9.17, 15) is 0 Å². The van der Waals surface area contributed by atoms with Crippen LogP contribution in [0.15, 0.2) is 16.5 Å². The number of aromatic nitrogens is 3. The molecular weight excluding hydrogens is 194 g/mol. The third-order valence-electron chi connectivity index (χ3n) is 2.09. The minimum absolute atomic E-state index is 0.625. The number of aromatic amines is 1. The van der Waals surface area contributed by atoms with Crippen LogP contribution in [0.4, 0.5) is 17.8 Å². The largest absolute Gasteiger partial charge is 0.445 e. The summed E-state index contributed by atoms with van der Waals surface area (Å²) in [5.74, 6) is 2.85. The molecule has 0 radical (unpaired) electrons. The van der Waals surface area contributed by atoms with Gasteiger partial charge >= 0.3 is 0 Å². The van der Waals surface area contributed by atoms with Crippen molar-refractivity contribution in [1.29, 1.82) is 0 Å². The summed E-state index contributed by atoms with van der Waals surface area (Å²) < 4.78 is 5.46. The smallest absolute Gasteiger partial charge is 0.232 e. The first-order valence-electron chi connectivity index (χ1n) is 4.61. The number of aryl methyl sites for hydroxylation is 1. The van der Waals surface area contributed by atoms with Crippen molar-refractivity contribution in [2.45, 2.75) is 6.92 Å². The van der Waals surface area contributed by atoms with E-state index >= 15 is 0 Å². The molecule has 80 valence electrons. The molecule has 15 heavy (non-hydrogen) atoms. The lowest BCUT2D eigenvalue weighted by molar-refractivity contribution is 0.536. The fraction of sp³-hybridized carbons (Fsp3) is 0.333. The molecule has 0 unspecified atom stereocenters. The van der Waals surface area contributed by atoms with E-state index in [0.29, 0.717) is 11.9 Å². The van der Waals surface area contributed by atoms with Gasteiger partial charge in [0.2, 0.25) is 17.8 Å². The van der Waals surface area contributed by atoms with Crippen LogP contribution in [-0.2, 0) is 0 Å². The van der Waals surface area contributed by atoms with Crippen LogP contribution in [0.25, 0.3) is 0 Å². The Morgan fingerprint density at radius 2 is 2.20 bits per heavy atom. The normalized spacial score (nSPS) is 10.3. The van der Waals surface area contributed by atoms with Crippen molar-refractivity contribution in [2.24, 2.45) is 0 Å². The van der Waals surface area contributed by atoms with Gasteiger partial charge in [-0.25, -0.2) is 0 Å². The van der Waals surface area contributed by atoms with Gasteiger partial charge in [0.15, 0.2) is 0 Å². The Bertz CT molecular complexity index is 447. The zero-order valence-electron chi connectivity index (χ0n) is 8.90. The maximum absolute atomic E-state index is 5.46. The first-order valence-corrected chi connectivity index (χ1v) is 4.61. The van der Waals surface area contributed by atoms with Crippen LogP contribution in [-0.4, -0.2) is 29.3 Å². The minimum atomic E-state index is 0.625. The molecule has 0 aromatic carbocycles. The van der Waals surface area contributed by atoms with Gasteiger partial charge in [-0.1, -0.05) is 0 Å². The summed E-state index contributed by atoms with van der Waals surface area (Å²) in [6.45, 7) is 1.90. The Kier molecular flexibility index (Phi) is 2.32. The Balaban J connectivity index is 2.23. The van der Waals surface area contributed by atoms with Gasteiger partial charge in [0.05, 0.1) is 0 Å². The second-order valence-corrected chi connectivity index (χ2v) is 3.19. The molecule has 0 amide bonds. The fourth-order valence-corrected chi connectivity index (χ4v) is 1.22. The quantitative estimate of drug-likeness (QED) is 0.798. The minimum Gasteiger partial charge on any atom is -0.445 e. The average molecular weight is 207 g/mol. The van der Waals surface area contributed by atoms with Gasteiger partial charge in [0.25, 0.3) is 0 Å². The molecular formula is C9H13N5O. The van der Waals surface area contributed by atoms with Gasteiger partial charge < -0.3 is 9.73 Å². The molecule has 2 aromatic rings. The van der Waals surface area contributed by atoms with Crippen molar-refractivity contribution < 1.29 is 4.42 Å². The average Bonchev–Trinajstić information content (AvgIpc) is 2.84. The summed E-state index contributed by atoms with van der Waals surface area (Å²) in [7, 11) is 3.64. The summed E-state index contributed by atoms with van der Waals surface area (Å²) in [6, 6.07) is 3.79. The molecule has 0 atom stereocenters. The molecule has 0 saturated carbocycles. The van der Waals surface area contributed by atoms with Crippen molar-refractivity contribution in [3.05, 3.63) is 17.9 Å². The fourth-order valence-electron chi connectivity index (χ4n) is 1.22. The first-order chi connectivity index (χ1) is 7.20. The molecule has 6 heteroatoms. The zero-order chi connectivity index (χ0) is 10.8. The molecule has 6 nitrogen and oxygen atoms in total. The number of hydrogen-bond acceptors (Lipinski definition) is 5. The number of anilines is 3. The summed E-state index contributed by atoms with van der Waals surface area (Å²) in [5, 5.41) is 10.7. The van der Waals surface area contributed by atoms with E-state index in [0.717, 1.165) is 11.6 Å². The van der Waals surface area contributed by atoms with E-state index in [1.54, 1.807) is 11.9 Å². The van der Waals surface area contributed by atoms with Crippen molar-refractivity contribution in [3.63, 3.8) is 0 Å². The maximum atomic E-state index is 5.46. The summed E-state index contributed by atoms with van der Waals surface area (Å²) in [6.07, 6.45) is 0. The molecule has 2 heterocycles. The van der Waals surface area contributed by atoms with Gasteiger partial charge in [-0.15, -0.1) is 10.2 Å². The Morgan fingerprint density at radius 1 is 1.40 bits per heavy atom. The third kappa shape index (κ3) is 1.78. The molecule has 0 aliphatic heterocycles. The van der Waals surface area contributed by atoms with Crippen molar-refractivity contribution in [3.8, 4) is 0 Å². The van der Waals surface area contributed by atoms with Gasteiger partial charge in [0.1, 0.15) is 5.76 Å². The summed E-state index contributed by atoms with van der Waals surface area (Å²) >= 11 is 0. The highest BCUT2D eigenvalue weighted by Gasteiger charge is 2.11. The number of nitrogens with zero attached hydrogens (tertiary/aromatic N) is 3. The highest BCUT2D eigenvalue weighted by atomic mass is 16.4. The molecule has 0 aliphatic carbocycles. The highest BCUT2D eigenvalue weighted by Crippen LogP contribution is 2.22. The van der Waals surface area contributed by atoms with Crippen LogP contribution in [0.1, 0.15) is 5.76 Å². The van der Waals surface area contributed by atoms with E-state index in [2.05, 4.69) is 20.5 Å². The molecule has 2 rings (SSSR count).